The van der Waals surface area contributed by atoms with Crippen molar-refractivity contribution in [3.63, 3.8) is 0 Å². The van der Waals surface area contributed by atoms with Gasteiger partial charge in [-0.15, -0.1) is 0 Å². The summed E-state index contributed by atoms with van der Waals surface area (Å²) in [6, 6.07) is 4.38. The Morgan fingerprint density at radius 3 is 2.75 bits per heavy atom. The molecule has 1 aliphatic rings. The first kappa shape index (κ1) is 14.3. The molecule has 1 saturated heterocycles. The maximum absolute atomic E-state index is 11.6. The highest BCUT2D eigenvalue weighted by molar-refractivity contribution is 8.14. The standard InChI is InChI=1S/C12H13N3O4S/c1-2-13-10-4-3-9(15(18)19)5-8(10)6-14-11(16)7-20-12(14)17/h3-5,13H,2,6-7H2,1H3. The molecule has 0 spiro atoms. The molecule has 7 nitrogen and oxygen atoms in total. The molecule has 20 heavy (non-hydrogen) atoms. The third-order valence-electron chi connectivity index (χ3n) is 2.84. The number of imide groups is 1. The van der Waals surface area contributed by atoms with Crippen LogP contribution >= 0.6 is 11.8 Å². The van der Waals surface area contributed by atoms with Crippen LogP contribution in [0.15, 0.2) is 18.2 Å². The normalized spacial score (nSPS) is 14.8. The van der Waals surface area contributed by atoms with Gasteiger partial charge in [0, 0.05) is 29.9 Å². The minimum absolute atomic E-state index is 0.0503. The maximum Gasteiger partial charge on any atom is 0.289 e. The number of hydrogen-bond donors (Lipinski definition) is 1. The minimum atomic E-state index is -0.498. The van der Waals surface area contributed by atoms with Crippen LogP contribution in [-0.4, -0.2) is 33.3 Å². The molecule has 0 unspecified atom stereocenters. The molecule has 106 valence electrons. The van der Waals surface area contributed by atoms with Crippen LogP contribution in [0.5, 0.6) is 0 Å². The molecule has 8 heteroatoms. The molecule has 0 radical (unpaired) electrons. The molecule has 0 aliphatic carbocycles. The van der Waals surface area contributed by atoms with E-state index in [-0.39, 0.29) is 29.1 Å². The van der Waals surface area contributed by atoms with Crippen LogP contribution in [0.2, 0.25) is 0 Å². The van der Waals surface area contributed by atoms with Gasteiger partial charge in [0.25, 0.3) is 10.9 Å². The Kier molecular flexibility index (Phi) is 4.23. The van der Waals surface area contributed by atoms with E-state index in [9.17, 15) is 19.7 Å². The lowest BCUT2D eigenvalue weighted by Crippen LogP contribution is -2.28. The van der Waals surface area contributed by atoms with Crippen LogP contribution in [-0.2, 0) is 11.3 Å². The molecule has 2 rings (SSSR count). The lowest BCUT2D eigenvalue weighted by molar-refractivity contribution is -0.384. The minimum Gasteiger partial charge on any atom is -0.385 e. The van der Waals surface area contributed by atoms with Crippen molar-refractivity contribution < 1.29 is 14.5 Å². The smallest absolute Gasteiger partial charge is 0.289 e. The maximum atomic E-state index is 11.6. The Bertz CT molecular complexity index is 560. The fraction of sp³-hybridized carbons (Fsp3) is 0.333. The third kappa shape index (κ3) is 2.90. The van der Waals surface area contributed by atoms with Crippen LogP contribution in [0.4, 0.5) is 16.2 Å². The lowest BCUT2D eigenvalue weighted by Gasteiger charge is -2.16. The molecule has 0 atom stereocenters. The summed E-state index contributed by atoms with van der Waals surface area (Å²) < 4.78 is 0. The first-order valence-electron chi connectivity index (χ1n) is 6.01. The second-order valence-corrected chi connectivity index (χ2v) is 5.09. The number of carbonyl (C=O) groups is 2. The number of non-ortho nitro benzene ring substituents is 1. The number of hydrogen-bond acceptors (Lipinski definition) is 6. The SMILES string of the molecule is CCNc1ccc([N+](=O)[O-])cc1CN1C(=O)CSC1=O. The Morgan fingerprint density at radius 1 is 1.45 bits per heavy atom. The summed E-state index contributed by atoms with van der Waals surface area (Å²) in [5, 5.41) is 13.6. The van der Waals surface area contributed by atoms with Gasteiger partial charge in [0.05, 0.1) is 17.2 Å². The Hall–Kier alpha value is -2.09. The zero-order chi connectivity index (χ0) is 14.7. The first-order chi connectivity index (χ1) is 9.52. The average molecular weight is 295 g/mol. The monoisotopic (exact) mass is 295 g/mol. The molecule has 1 N–H and O–H groups in total. The molecule has 0 saturated carbocycles. The fourth-order valence-corrected chi connectivity index (χ4v) is 2.62. The predicted molar refractivity (Wildman–Crippen MR) is 75.7 cm³/mol. The van der Waals surface area contributed by atoms with E-state index in [1.54, 1.807) is 6.07 Å². The molecule has 1 aromatic rings. The van der Waals surface area contributed by atoms with E-state index in [2.05, 4.69) is 5.32 Å². The summed E-state index contributed by atoms with van der Waals surface area (Å²) in [4.78, 5) is 34.6. The van der Waals surface area contributed by atoms with Gasteiger partial charge in [0.2, 0.25) is 5.91 Å². The van der Waals surface area contributed by atoms with Gasteiger partial charge in [-0.1, -0.05) is 11.8 Å². The van der Waals surface area contributed by atoms with Crippen LogP contribution in [0.1, 0.15) is 12.5 Å². The molecular weight excluding hydrogens is 282 g/mol. The van der Waals surface area contributed by atoms with E-state index >= 15 is 0 Å². The van der Waals surface area contributed by atoms with E-state index in [0.29, 0.717) is 17.8 Å². The van der Waals surface area contributed by atoms with Gasteiger partial charge in [-0.25, -0.2) is 0 Å². The van der Waals surface area contributed by atoms with E-state index in [0.717, 1.165) is 16.7 Å². The Balaban J connectivity index is 2.32. The molecule has 1 aliphatic heterocycles. The quantitative estimate of drug-likeness (QED) is 0.661. The van der Waals surface area contributed by atoms with Crippen molar-refractivity contribution in [1.29, 1.82) is 0 Å². The van der Waals surface area contributed by atoms with Gasteiger partial charge >= 0.3 is 0 Å². The summed E-state index contributed by atoms with van der Waals surface area (Å²) in [7, 11) is 0. The van der Waals surface area contributed by atoms with Gasteiger partial charge in [0.1, 0.15) is 0 Å². The number of carbonyl (C=O) groups excluding carboxylic acids is 2. The number of thioether (sulfide) groups is 1. The molecule has 0 bridgehead atoms. The van der Waals surface area contributed by atoms with Gasteiger partial charge in [-0.3, -0.25) is 24.6 Å². The van der Waals surface area contributed by atoms with Crippen molar-refractivity contribution in [2.75, 3.05) is 17.6 Å². The van der Waals surface area contributed by atoms with Gasteiger partial charge in [-0.2, -0.15) is 0 Å². The number of amides is 2. The van der Waals surface area contributed by atoms with E-state index in [4.69, 9.17) is 0 Å². The van der Waals surface area contributed by atoms with Crippen molar-refractivity contribution >= 4 is 34.3 Å². The Morgan fingerprint density at radius 2 is 2.20 bits per heavy atom. The zero-order valence-corrected chi connectivity index (χ0v) is 11.6. The van der Waals surface area contributed by atoms with Crippen LogP contribution in [0.25, 0.3) is 0 Å². The topological polar surface area (TPSA) is 92.6 Å². The highest BCUT2D eigenvalue weighted by Gasteiger charge is 2.30. The molecular formula is C12H13N3O4S. The van der Waals surface area contributed by atoms with Gasteiger partial charge in [0.15, 0.2) is 0 Å². The number of anilines is 1. The highest BCUT2D eigenvalue weighted by atomic mass is 32.2. The van der Waals surface area contributed by atoms with E-state index in [1.165, 1.54) is 12.1 Å². The van der Waals surface area contributed by atoms with Gasteiger partial charge in [-0.05, 0) is 13.0 Å². The molecule has 1 aromatic carbocycles. The molecule has 0 aromatic heterocycles. The van der Waals surface area contributed by atoms with Crippen molar-refractivity contribution in [2.24, 2.45) is 0 Å². The summed E-state index contributed by atoms with van der Waals surface area (Å²) in [6.07, 6.45) is 0. The molecule has 2 amide bonds. The predicted octanol–water partition coefficient (Wildman–Crippen LogP) is 2.22. The molecule has 1 fully saturated rings. The molecule has 1 heterocycles. The van der Waals surface area contributed by atoms with Crippen molar-refractivity contribution in [3.05, 3.63) is 33.9 Å². The summed E-state index contributed by atoms with van der Waals surface area (Å²) in [5.41, 5.74) is 1.19. The van der Waals surface area contributed by atoms with E-state index < -0.39 is 4.92 Å². The van der Waals surface area contributed by atoms with Crippen LogP contribution in [0.3, 0.4) is 0 Å². The second kappa shape index (κ2) is 5.91. The first-order valence-corrected chi connectivity index (χ1v) is 6.99. The van der Waals surface area contributed by atoms with Crippen LogP contribution in [0, 0.1) is 10.1 Å². The largest absolute Gasteiger partial charge is 0.385 e. The average Bonchev–Trinajstić information content (AvgIpc) is 2.72. The summed E-state index contributed by atoms with van der Waals surface area (Å²) in [5.74, 6) is -0.140. The number of nitro benzene ring substituents is 1. The summed E-state index contributed by atoms with van der Waals surface area (Å²) in [6.45, 7) is 2.59. The lowest BCUT2D eigenvalue weighted by atomic mass is 10.1. The van der Waals surface area contributed by atoms with E-state index in [1.807, 2.05) is 6.92 Å². The zero-order valence-electron chi connectivity index (χ0n) is 10.8. The van der Waals surface area contributed by atoms with Crippen molar-refractivity contribution in [3.8, 4) is 0 Å². The number of nitrogens with zero attached hydrogens (tertiary/aromatic N) is 2. The number of benzene rings is 1. The summed E-state index contributed by atoms with van der Waals surface area (Å²) >= 11 is 0.946. The van der Waals surface area contributed by atoms with Crippen LogP contribution < -0.4 is 5.32 Å². The third-order valence-corrected chi connectivity index (χ3v) is 3.69. The number of nitrogens with one attached hydrogen (secondary N) is 1. The number of nitro groups is 1. The highest BCUT2D eigenvalue weighted by Crippen LogP contribution is 2.27. The van der Waals surface area contributed by atoms with Crippen molar-refractivity contribution in [1.82, 2.24) is 4.90 Å². The van der Waals surface area contributed by atoms with Gasteiger partial charge < -0.3 is 5.32 Å². The fourth-order valence-electron chi connectivity index (χ4n) is 1.89. The Labute approximate surface area is 119 Å². The second-order valence-electron chi connectivity index (χ2n) is 4.16. The number of rotatable bonds is 5. The van der Waals surface area contributed by atoms with Crippen molar-refractivity contribution in [2.45, 2.75) is 13.5 Å².